The molecule has 3 N–H and O–H groups in total. The average Bonchev–Trinajstić information content (AvgIpc) is 2.25. The third-order valence-corrected chi connectivity index (χ3v) is 4.35. The molecule has 0 spiro atoms. The van der Waals surface area contributed by atoms with E-state index >= 15 is 0 Å². The van der Waals surface area contributed by atoms with Gasteiger partial charge in [0.1, 0.15) is 0 Å². The number of nitrogens with one attached hydrogen (secondary N) is 1. The zero-order valence-corrected chi connectivity index (χ0v) is 11.6. The summed E-state index contributed by atoms with van der Waals surface area (Å²) < 4.78 is 0. The number of hydrogen-bond donors (Lipinski definition) is 2. The van der Waals surface area contributed by atoms with E-state index in [1.807, 2.05) is 0 Å². The van der Waals surface area contributed by atoms with Gasteiger partial charge in [-0.25, -0.2) is 5.43 Å². The lowest BCUT2D eigenvalue weighted by molar-refractivity contribution is 0.283. The molecule has 0 saturated heterocycles. The highest BCUT2D eigenvalue weighted by Gasteiger charge is 2.35. The molecule has 0 aliphatic heterocycles. The summed E-state index contributed by atoms with van der Waals surface area (Å²) in [5.41, 5.74) is 5.74. The van der Waals surface area contributed by atoms with Crippen LogP contribution in [0.3, 0.4) is 0 Å². The standard InChI is InChI=1S/C12H23N3Si/c1-16(2,3)10-11(9-13)12(15-14)7-5-4-6-8-12/h10,15H,4-8,14H2,1-3H3. The third kappa shape index (κ3) is 3.18. The molecule has 0 unspecified atom stereocenters. The van der Waals surface area contributed by atoms with Crippen LogP contribution < -0.4 is 11.3 Å². The van der Waals surface area contributed by atoms with Gasteiger partial charge in [0, 0.05) is 5.57 Å². The molecule has 1 rings (SSSR count). The Morgan fingerprint density at radius 3 is 2.25 bits per heavy atom. The molecule has 1 aliphatic carbocycles. The van der Waals surface area contributed by atoms with Crippen molar-refractivity contribution >= 4 is 8.07 Å². The number of hydrazine groups is 1. The molecule has 0 radical (unpaired) electrons. The molecule has 0 heterocycles. The second-order valence-corrected chi connectivity index (χ2v) is 10.8. The molecule has 0 aromatic rings. The molecule has 3 nitrogen and oxygen atoms in total. The summed E-state index contributed by atoms with van der Waals surface area (Å²) in [6.07, 6.45) is 5.57. The second-order valence-electron chi connectivity index (χ2n) is 5.82. The van der Waals surface area contributed by atoms with Crippen molar-refractivity contribution in [2.24, 2.45) is 5.84 Å². The average molecular weight is 237 g/mol. The maximum atomic E-state index is 9.35. The fourth-order valence-electron chi connectivity index (χ4n) is 2.36. The monoisotopic (exact) mass is 237 g/mol. The molecule has 0 aromatic carbocycles. The lowest BCUT2D eigenvalue weighted by atomic mass is 9.78. The van der Waals surface area contributed by atoms with E-state index in [2.05, 4.69) is 36.8 Å². The molecule has 1 aliphatic rings. The van der Waals surface area contributed by atoms with Crippen molar-refractivity contribution < 1.29 is 0 Å². The van der Waals surface area contributed by atoms with Gasteiger partial charge in [0.25, 0.3) is 0 Å². The number of nitrogens with two attached hydrogens (primary N) is 1. The topological polar surface area (TPSA) is 61.8 Å². The molecule has 16 heavy (non-hydrogen) atoms. The summed E-state index contributed by atoms with van der Waals surface area (Å²) in [6, 6.07) is 2.37. The van der Waals surface area contributed by atoms with Crippen LogP contribution in [-0.2, 0) is 0 Å². The third-order valence-electron chi connectivity index (χ3n) is 3.20. The van der Waals surface area contributed by atoms with Gasteiger partial charge in [-0.2, -0.15) is 5.26 Å². The van der Waals surface area contributed by atoms with Crippen molar-refractivity contribution in [3.63, 3.8) is 0 Å². The molecule has 0 bridgehead atoms. The largest absolute Gasteiger partial charge is 0.271 e. The van der Waals surface area contributed by atoms with Crippen molar-refractivity contribution in [2.75, 3.05) is 0 Å². The Hall–Kier alpha value is -0.633. The number of rotatable bonds is 3. The lowest BCUT2D eigenvalue weighted by Crippen LogP contribution is -2.52. The predicted octanol–water partition coefficient (Wildman–Crippen LogP) is 2.48. The van der Waals surface area contributed by atoms with Gasteiger partial charge in [-0.3, -0.25) is 5.84 Å². The van der Waals surface area contributed by atoms with Gasteiger partial charge in [-0.1, -0.05) is 44.6 Å². The fourth-order valence-corrected chi connectivity index (χ4v) is 3.56. The Balaban J connectivity index is 3.01. The summed E-state index contributed by atoms with van der Waals surface area (Å²) in [5, 5.41) is 9.35. The van der Waals surface area contributed by atoms with Crippen molar-refractivity contribution in [1.82, 2.24) is 5.43 Å². The second kappa shape index (κ2) is 5.13. The summed E-state index contributed by atoms with van der Waals surface area (Å²) in [7, 11) is -1.37. The minimum Gasteiger partial charge on any atom is -0.271 e. The van der Waals surface area contributed by atoms with Crippen molar-refractivity contribution in [1.29, 1.82) is 5.26 Å². The maximum Gasteiger partial charge on any atom is 0.0960 e. The van der Waals surface area contributed by atoms with Crippen molar-refractivity contribution in [2.45, 2.75) is 57.3 Å². The first-order valence-corrected chi connectivity index (χ1v) is 9.62. The molecule has 4 heteroatoms. The Bertz CT molecular complexity index is 303. The van der Waals surface area contributed by atoms with Gasteiger partial charge in [0.05, 0.1) is 19.7 Å². The summed E-state index contributed by atoms with van der Waals surface area (Å²) in [6.45, 7) is 6.74. The molecular weight excluding hydrogens is 214 g/mol. The van der Waals surface area contributed by atoms with Crippen LogP contribution >= 0.6 is 0 Å². The van der Waals surface area contributed by atoms with Gasteiger partial charge in [-0.05, 0) is 12.8 Å². The first kappa shape index (κ1) is 13.4. The smallest absolute Gasteiger partial charge is 0.0960 e. The van der Waals surface area contributed by atoms with Crippen LogP contribution in [-0.4, -0.2) is 13.6 Å². The summed E-state index contributed by atoms with van der Waals surface area (Å²) in [4.78, 5) is 0. The van der Waals surface area contributed by atoms with Crippen LogP contribution in [0.1, 0.15) is 32.1 Å². The molecule has 90 valence electrons. The van der Waals surface area contributed by atoms with Crippen LogP contribution in [0.4, 0.5) is 0 Å². The van der Waals surface area contributed by atoms with E-state index in [-0.39, 0.29) is 5.54 Å². The molecular formula is C12H23N3Si. The Morgan fingerprint density at radius 2 is 1.88 bits per heavy atom. The Labute approximate surface area is 99.7 Å². The molecule has 1 saturated carbocycles. The van der Waals surface area contributed by atoms with E-state index < -0.39 is 8.07 Å². The van der Waals surface area contributed by atoms with Crippen LogP contribution in [0.15, 0.2) is 11.3 Å². The van der Waals surface area contributed by atoms with Gasteiger partial charge < -0.3 is 0 Å². The normalized spacial score (nSPS) is 21.6. The van der Waals surface area contributed by atoms with Crippen LogP contribution in [0.5, 0.6) is 0 Å². The molecule has 1 fully saturated rings. The van der Waals surface area contributed by atoms with E-state index in [9.17, 15) is 5.26 Å². The van der Waals surface area contributed by atoms with Crippen molar-refractivity contribution in [3.05, 3.63) is 11.3 Å². The van der Waals surface area contributed by atoms with Gasteiger partial charge in [0.2, 0.25) is 0 Å². The summed E-state index contributed by atoms with van der Waals surface area (Å²) >= 11 is 0. The van der Waals surface area contributed by atoms with Gasteiger partial charge in [-0.15, -0.1) is 0 Å². The van der Waals surface area contributed by atoms with E-state index in [0.29, 0.717) is 0 Å². The minimum atomic E-state index is -1.37. The SMILES string of the molecule is C[Si](C)(C)C=C(C#N)C1(NN)CCCCC1. The quantitative estimate of drug-likeness (QED) is 0.343. The number of nitriles is 1. The van der Waals surface area contributed by atoms with Gasteiger partial charge >= 0.3 is 0 Å². The van der Waals surface area contributed by atoms with Crippen molar-refractivity contribution in [3.8, 4) is 6.07 Å². The molecule has 0 atom stereocenters. The minimum absolute atomic E-state index is 0.243. The Kier molecular flexibility index (Phi) is 4.31. The van der Waals surface area contributed by atoms with E-state index in [0.717, 1.165) is 31.3 Å². The van der Waals surface area contributed by atoms with Crippen LogP contribution in [0.2, 0.25) is 19.6 Å². The fraction of sp³-hybridized carbons (Fsp3) is 0.750. The first-order valence-electron chi connectivity index (χ1n) is 6.05. The summed E-state index contributed by atoms with van der Waals surface area (Å²) in [5.74, 6) is 5.71. The van der Waals surface area contributed by atoms with E-state index in [4.69, 9.17) is 5.84 Å². The molecule has 0 aromatic heterocycles. The highest BCUT2D eigenvalue weighted by Crippen LogP contribution is 2.34. The molecule has 0 amide bonds. The highest BCUT2D eigenvalue weighted by atomic mass is 28.3. The maximum absolute atomic E-state index is 9.35. The zero-order chi connectivity index (χ0) is 12.2. The van der Waals surface area contributed by atoms with Gasteiger partial charge in [0.15, 0.2) is 0 Å². The van der Waals surface area contributed by atoms with E-state index in [1.165, 1.54) is 6.42 Å². The van der Waals surface area contributed by atoms with E-state index in [1.54, 1.807) is 0 Å². The first-order chi connectivity index (χ1) is 7.43. The zero-order valence-electron chi connectivity index (χ0n) is 10.6. The van der Waals surface area contributed by atoms with Crippen LogP contribution in [0.25, 0.3) is 0 Å². The lowest BCUT2D eigenvalue weighted by Gasteiger charge is -2.37. The predicted molar refractivity (Wildman–Crippen MR) is 70.2 cm³/mol. The number of nitrogens with zero attached hydrogens (tertiary/aromatic N) is 1. The highest BCUT2D eigenvalue weighted by molar-refractivity contribution is 6.81. The van der Waals surface area contributed by atoms with Crippen LogP contribution in [0, 0.1) is 11.3 Å². The Morgan fingerprint density at radius 1 is 1.31 bits per heavy atom. The number of hydrogen-bond acceptors (Lipinski definition) is 3.